The van der Waals surface area contributed by atoms with Gasteiger partial charge in [-0.15, -0.1) is 0 Å². The normalized spacial score (nSPS) is 25.9. The minimum absolute atomic E-state index is 0.161. The summed E-state index contributed by atoms with van der Waals surface area (Å²) in [6.45, 7) is 0.456. The van der Waals surface area contributed by atoms with Crippen molar-refractivity contribution in [3.63, 3.8) is 0 Å². The summed E-state index contributed by atoms with van der Waals surface area (Å²) in [6.07, 6.45) is 2.27. The number of nitrogens with one attached hydrogen (secondary N) is 1. The van der Waals surface area contributed by atoms with Crippen molar-refractivity contribution in [1.82, 2.24) is 5.32 Å². The molecule has 0 unspecified atom stereocenters. The lowest BCUT2D eigenvalue weighted by molar-refractivity contribution is -0.140. The number of hydrogen-bond acceptors (Lipinski definition) is 2. The predicted octanol–water partition coefficient (Wildman–Crippen LogP) is 1.69. The average molecular weight is 277 g/mol. The van der Waals surface area contributed by atoms with E-state index < -0.39 is 17.8 Å². The van der Waals surface area contributed by atoms with Crippen molar-refractivity contribution in [2.75, 3.05) is 6.54 Å². The molecule has 0 heterocycles. The molecule has 0 radical (unpaired) electrons. The molecular formula is C15H16FNO3. The van der Waals surface area contributed by atoms with Gasteiger partial charge in [-0.25, -0.2) is 4.39 Å². The summed E-state index contributed by atoms with van der Waals surface area (Å²) in [5, 5.41) is 11.6. The first-order valence-corrected chi connectivity index (χ1v) is 6.78. The second-order valence-electron chi connectivity index (χ2n) is 5.80. The summed E-state index contributed by atoms with van der Waals surface area (Å²) in [4.78, 5) is 22.6. The van der Waals surface area contributed by atoms with E-state index in [9.17, 15) is 14.0 Å². The number of carbonyl (C=O) groups is 2. The van der Waals surface area contributed by atoms with Gasteiger partial charge in [0.15, 0.2) is 0 Å². The number of aliphatic carboxylic acids is 1. The topological polar surface area (TPSA) is 66.4 Å². The summed E-state index contributed by atoms with van der Waals surface area (Å²) >= 11 is 0. The number of halogens is 1. The number of hydrogen-bond donors (Lipinski definition) is 2. The van der Waals surface area contributed by atoms with Crippen LogP contribution >= 0.6 is 0 Å². The van der Waals surface area contributed by atoms with Crippen LogP contribution in [0.15, 0.2) is 24.3 Å². The highest BCUT2D eigenvalue weighted by molar-refractivity contribution is 5.89. The molecule has 4 nitrogen and oxygen atoms in total. The minimum atomic E-state index is -0.906. The molecule has 2 atom stereocenters. The lowest BCUT2D eigenvalue weighted by atomic mass is 9.96. The molecule has 2 fully saturated rings. The fourth-order valence-corrected chi connectivity index (χ4v) is 2.68. The summed E-state index contributed by atoms with van der Waals surface area (Å²) in [6, 6.07) is 6.46. The van der Waals surface area contributed by atoms with Crippen molar-refractivity contribution in [3.8, 4) is 0 Å². The average Bonchev–Trinajstić information content (AvgIpc) is 3.29. The van der Waals surface area contributed by atoms with Crippen LogP contribution in [0.4, 0.5) is 4.39 Å². The van der Waals surface area contributed by atoms with Gasteiger partial charge in [0, 0.05) is 12.0 Å². The molecule has 2 saturated carbocycles. The van der Waals surface area contributed by atoms with Gasteiger partial charge in [0.1, 0.15) is 5.82 Å². The zero-order valence-electron chi connectivity index (χ0n) is 10.9. The van der Waals surface area contributed by atoms with E-state index in [4.69, 9.17) is 5.11 Å². The molecule has 20 heavy (non-hydrogen) atoms. The van der Waals surface area contributed by atoms with Crippen LogP contribution in [0.1, 0.15) is 24.8 Å². The van der Waals surface area contributed by atoms with Crippen molar-refractivity contribution in [2.24, 2.45) is 11.8 Å². The number of carboxylic acids is 1. The fraction of sp³-hybridized carbons (Fsp3) is 0.467. The Bertz CT molecular complexity index is 568. The molecule has 2 N–H and O–H groups in total. The highest BCUT2D eigenvalue weighted by Crippen LogP contribution is 2.48. The predicted molar refractivity (Wildman–Crippen MR) is 69.6 cm³/mol. The maximum absolute atomic E-state index is 13.2. The molecule has 0 saturated heterocycles. The Morgan fingerprint density at radius 3 is 2.65 bits per heavy atom. The van der Waals surface area contributed by atoms with Gasteiger partial charge in [-0.2, -0.15) is 0 Å². The molecule has 1 aromatic rings. The number of amides is 1. The zero-order valence-corrected chi connectivity index (χ0v) is 10.9. The van der Waals surface area contributed by atoms with Gasteiger partial charge in [-0.1, -0.05) is 12.1 Å². The van der Waals surface area contributed by atoms with Crippen LogP contribution in [-0.2, 0) is 15.0 Å². The lowest BCUT2D eigenvalue weighted by Crippen LogP contribution is -2.34. The quantitative estimate of drug-likeness (QED) is 0.860. The smallest absolute Gasteiger partial charge is 0.307 e. The van der Waals surface area contributed by atoms with Crippen LogP contribution in [0.2, 0.25) is 0 Å². The second kappa shape index (κ2) is 4.58. The van der Waals surface area contributed by atoms with Crippen molar-refractivity contribution < 1.29 is 19.1 Å². The number of rotatable bonds is 5. The van der Waals surface area contributed by atoms with Crippen LogP contribution < -0.4 is 5.32 Å². The Morgan fingerprint density at radius 2 is 2.10 bits per heavy atom. The van der Waals surface area contributed by atoms with Crippen LogP contribution in [0.5, 0.6) is 0 Å². The summed E-state index contributed by atoms with van der Waals surface area (Å²) in [5.41, 5.74) is 0.745. The molecule has 5 heteroatoms. The molecule has 1 aromatic carbocycles. The van der Waals surface area contributed by atoms with Crippen molar-refractivity contribution in [1.29, 1.82) is 0 Å². The number of carboxylic acid groups (broad SMARTS) is 1. The van der Waals surface area contributed by atoms with E-state index in [1.54, 1.807) is 6.07 Å². The zero-order chi connectivity index (χ0) is 14.3. The molecule has 1 amide bonds. The standard InChI is InChI=1S/C15H16FNO3/c16-10-3-1-2-9(6-10)15(4-5-15)8-17-13(18)11-7-12(11)14(19)20/h1-3,6,11-12H,4-5,7-8H2,(H,17,18)(H,19,20)/t11-,12-/m0/s1. The van der Waals surface area contributed by atoms with E-state index in [-0.39, 0.29) is 17.1 Å². The molecule has 0 aromatic heterocycles. The maximum Gasteiger partial charge on any atom is 0.307 e. The second-order valence-corrected chi connectivity index (χ2v) is 5.80. The molecule has 2 aliphatic rings. The van der Waals surface area contributed by atoms with E-state index in [1.165, 1.54) is 12.1 Å². The van der Waals surface area contributed by atoms with Crippen LogP contribution in [-0.4, -0.2) is 23.5 Å². The van der Waals surface area contributed by atoms with Crippen molar-refractivity contribution in [3.05, 3.63) is 35.6 Å². The first-order valence-electron chi connectivity index (χ1n) is 6.78. The Balaban J connectivity index is 1.59. The first kappa shape index (κ1) is 13.1. The van der Waals surface area contributed by atoms with E-state index in [0.717, 1.165) is 18.4 Å². The third-order valence-electron chi connectivity index (χ3n) is 4.34. The SMILES string of the molecule is O=C(O)[C@H]1C[C@@H]1C(=O)NCC1(c2cccc(F)c2)CC1. The Hall–Kier alpha value is -1.91. The summed E-state index contributed by atoms with van der Waals surface area (Å²) in [7, 11) is 0. The Morgan fingerprint density at radius 1 is 1.35 bits per heavy atom. The molecule has 0 spiro atoms. The first-order chi connectivity index (χ1) is 9.52. The van der Waals surface area contributed by atoms with Gasteiger partial charge in [0.2, 0.25) is 5.91 Å². The van der Waals surface area contributed by atoms with Crippen LogP contribution in [0.3, 0.4) is 0 Å². The Kier molecular flexibility index (Phi) is 3.00. The third kappa shape index (κ3) is 2.40. The highest BCUT2D eigenvalue weighted by Gasteiger charge is 2.50. The molecule has 106 valence electrons. The molecule has 3 rings (SSSR count). The van der Waals surface area contributed by atoms with Gasteiger partial charge in [-0.3, -0.25) is 9.59 Å². The van der Waals surface area contributed by atoms with E-state index >= 15 is 0 Å². The van der Waals surface area contributed by atoms with Gasteiger partial charge in [0.25, 0.3) is 0 Å². The van der Waals surface area contributed by atoms with Gasteiger partial charge < -0.3 is 10.4 Å². The summed E-state index contributed by atoms with van der Waals surface area (Å²) < 4.78 is 13.2. The van der Waals surface area contributed by atoms with Gasteiger partial charge in [-0.05, 0) is 37.0 Å². The minimum Gasteiger partial charge on any atom is -0.481 e. The third-order valence-corrected chi connectivity index (χ3v) is 4.34. The fourth-order valence-electron chi connectivity index (χ4n) is 2.68. The number of carbonyl (C=O) groups excluding carboxylic acids is 1. The molecular weight excluding hydrogens is 261 g/mol. The number of benzene rings is 1. The Labute approximate surface area is 116 Å². The maximum atomic E-state index is 13.2. The van der Waals surface area contributed by atoms with E-state index in [0.29, 0.717) is 13.0 Å². The van der Waals surface area contributed by atoms with Crippen molar-refractivity contribution >= 4 is 11.9 Å². The largest absolute Gasteiger partial charge is 0.481 e. The van der Waals surface area contributed by atoms with Gasteiger partial charge >= 0.3 is 5.97 Å². The van der Waals surface area contributed by atoms with E-state index in [1.807, 2.05) is 6.07 Å². The van der Waals surface area contributed by atoms with Crippen molar-refractivity contribution in [2.45, 2.75) is 24.7 Å². The summed E-state index contributed by atoms with van der Waals surface area (Å²) in [5.74, 6) is -2.29. The van der Waals surface area contributed by atoms with Crippen LogP contribution in [0.25, 0.3) is 0 Å². The molecule has 0 aliphatic heterocycles. The van der Waals surface area contributed by atoms with Crippen LogP contribution in [0, 0.1) is 17.7 Å². The highest BCUT2D eigenvalue weighted by atomic mass is 19.1. The monoisotopic (exact) mass is 277 g/mol. The van der Waals surface area contributed by atoms with E-state index in [2.05, 4.69) is 5.32 Å². The molecule has 2 aliphatic carbocycles. The molecule has 0 bridgehead atoms. The van der Waals surface area contributed by atoms with Gasteiger partial charge in [0.05, 0.1) is 11.8 Å². The lowest BCUT2D eigenvalue weighted by Gasteiger charge is -2.16.